The van der Waals surface area contributed by atoms with Crippen LogP contribution in [0.1, 0.15) is 75.7 Å². The Bertz CT molecular complexity index is 987. The third-order valence-corrected chi connectivity index (χ3v) is 6.00. The highest BCUT2D eigenvalue weighted by Crippen LogP contribution is 2.27. The van der Waals surface area contributed by atoms with Crippen molar-refractivity contribution in [3.05, 3.63) is 47.5 Å². The lowest BCUT2D eigenvalue weighted by Gasteiger charge is -2.32. The first-order chi connectivity index (χ1) is 16.4. The highest BCUT2D eigenvalue weighted by Gasteiger charge is 2.34. The van der Waals surface area contributed by atoms with Crippen molar-refractivity contribution in [3.63, 3.8) is 0 Å². The molecule has 1 aromatic heterocycles. The lowest BCUT2D eigenvalue weighted by atomic mass is 10.0. The molecule has 3 rings (SSSR count). The van der Waals surface area contributed by atoms with Crippen LogP contribution in [0.15, 0.2) is 34.9 Å². The Hall–Kier alpha value is -3.23. The number of halogens is 1. The van der Waals surface area contributed by atoms with Crippen LogP contribution in [-0.2, 0) is 14.4 Å². The van der Waals surface area contributed by atoms with Gasteiger partial charge in [-0.3, -0.25) is 14.4 Å². The molecule has 1 aromatic carbocycles. The van der Waals surface area contributed by atoms with Crippen molar-refractivity contribution >= 4 is 23.5 Å². The molecular weight excluding hydrogens is 439 g/mol. The zero-order chi connectivity index (χ0) is 24.5. The number of aromatic nitrogens is 1. The number of benzene rings is 1. The van der Waals surface area contributed by atoms with Gasteiger partial charge in [0.25, 0.3) is 0 Å². The van der Waals surface area contributed by atoms with Gasteiger partial charge in [0.2, 0.25) is 17.7 Å². The average molecular weight is 473 g/mol. The fraction of sp³-hybridized carbons (Fsp3) is 0.520. The summed E-state index contributed by atoms with van der Waals surface area (Å²) in [4.78, 5) is 40.4. The van der Waals surface area contributed by atoms with E-state index in [1.165, 1.54) is 11.0 Å². The zero-order valence-electron chi connectivity index (χ0n) is 19.8. The van der Waals surface area contributed by atoms with E-state index in [1.807, 2.05) is 6.92 Å². The minimum atomic E-state index is -1.10. The Balaban J connectivity index is 1.77. The molecule has 0 unspecified atom stereocenters. The van der Waals surface area contributed by atoms with E-state index in [0.717, 1.165) is 32.1 Å². The lowest BCUT2D eigenvalue weighted by molar-refractivity contribution is -0.142. The van der Waals surface area contributed by atoms with E-state index < -0.39 is 17.8 Å². The molecule has 1 saturated carbocycles. The summed E-state index contributed by atoms with van der Waals surface area (Å²) in [5.74, 6) is -0.868. The number of carbonyl (C=O) groups is 3. The van der Waals surface area contributed by atoms with Gasteiger partial charge in [-0.2, -0.15) is 0 Å². The summed E-state index contributed by atoms with van der Waals surface area (Å²) in [5.41, 5.74) is 0.157. The number of amides is 3. The van der Waals surface area contributed by atoms with Crippen LogP contribution in [0, 0.1) is 12.7 Å². The van der Waals surface area contributed by atoms with Crippen LogP contribution < -0.4 is 10.6 Å². The number of nitrogens with zero attached hydrogens (tertiary/aromatic N) is 2. The van der Waals surface area contributed by atoms with Crippen molar-refractivity contribution in [2.75, 3.05) is 11.9 Å². The number of nitrogens with one attached hydrogen (secondary N) is 2. The third-order valence-electron chi connectivity index (χ3n) is 6.00. The second-order valence-corrected chi connectivity index (χ2v) is 8.73. The van der Waals surface area contributed by atoms with Crippen LogP contribution in [-0.4, -0.2) is 40.4 Å². The summed E-state index contributed by atoms with van der Waals surface area (Å²) in [6, 6.07) is 6.56. The van der Waals surface area contributed by atoms with Crippen LogP contribution in [0.5, 0.6) is 0 Å². The summed E-state index contributed by atoms with van der Waals surface area (Å²) in [7, 11) is 0. The summed E-state index contributed by atoms with van der Waals surface area (Å²) in [5, 5.41) is 9.32. The van der Waals surface area contributed by atoms with E-state index in [9.17, 15) is 18.8 Å². The normalized spacial score (nSPS) is 14.6. The van der Waals surface area contributed by atoms with Gasteiger partial charge in [-0.25, -0.2) is 4.39 Å². The number of hydrogen-bond donors (Lipinski definition) is 2. The van der Waals surface area contributed by atoms with Gasteiger partial charge < -0.3 is 20.1 Å². The molecule has 0 spiro atoms. The van der Waals surface area contributed by atoms with Crippen LogP contribution in [0.2, 0.25) is 0 Å². The molecule has 2 aromatic rings. The van der Waals surface area contributed by atoms with Gasteiger partial charge >= 0.3 is 0 Å². The first kappa shape index (κ1) is 25.4. The summed E-state index contributed by atoms with van der Waals surface area (Å²) < 4.78 is 19.7. The zero-order valence-corrected chi connectivity index (χ0v) is 19.8. The predicted molar refractivity (Wildman–Crippen MR) is 125 cm³/mol. The van der Waals surface area contributed by atoms with Crippen molar-refractivity contribution in [3.8, 4) is 0 Å². The van der Waals surface area contributed by atoms with Crippen molar-refractivity contribution < 1.29 is 23.3 Å². The van der Waals surface area contributed by atoms with E-state index >= 15 is 0 Å². The molecule has 2 N–H and O–H groups in total. The van der Waals surface area contributed by atoms with E-state index in [1.54, 1.807) is 31.2 Å². The van der Waals surface area contributed by atoms with Crippen LogP contribution >= 0.6 is 0 Å². The standard InChI is InChI=1S/C25H33FN4O4/c1-3-4-15-30(23(32)14-13-22(31)28-21-16-17(2)34-29-21)24(19-11-7-8-12-20(19)26)25(33)27-18-9-5-6-10-18/h7-8,11-12,16,18,24H,3-6,9-10,13-15H2,1-2H3,(H,27,33)(H,28,29,31)/t24-/m0/s1. The smallest absolute Gasteiger partial charge is 0.247 e. The number of unbranched alkanes of at least 4 members (excludes halogenated alkanes) is 1. The average Bonchev–Trinajstić information content (AvgIpc) is 3.47. The highest BCUT2D eigenvalue weighted by molar-refractivity contribution is 5.94. The molecule has 3 amide bonds. The molecule has 1 atom stereocenters. The lowest BCUT2D eigenvalue weighted by Crippen LogP contribution is -2.47. The maximum Gasteiger partial charge on any atom is 0.247 e. The molecule has 1 fully saturated rings. The van der Waals surface area contributed by atoms with Gasteiger partial charge in [0.05, 0.1) is 0 Å². The molecule has 1 aliphatic carbocycles. The van der Waals surface area contributed by atoms with Gasteiger partial charge in [-0.15, -0.1) is 0 Å². The van der Waals surface area contributed by atoms with E-state index in [4.69, 9.17) is 4.52 Å². The number of carbonyl (C=O) groups excluding carboxylic acids is 3. The molecule has 1 heterocycles. The predicted octanol–water partition coefficient (Wildman–Crippen LogP) is 4.27. The van der Waals surface area contributed by atoms with Gasteiger partial charge in [-0.1, -0.05) is 49.5 Å². The Labute approximate surface area is 199 Å². The summed E-state index contributed by atoms with van der Waals surface area (Å²) in [6.07, 6.45) is 5.06. The van der Waals surface area contributed by atoms with Gasteiger partial charge in [-0.05, 0) is 32.3 Å². The fourth-order valence-corrected chi connectivity index (χ4v) is 4.22. The summed E-state index contributed by atoms with van der Waals surface area (Å²) >= 11 is 0. The van der Waals surface area contributed by atoms with Crippen molar-refractivity contribution in [2.45, 2.75) is 77.3 Å². The molecule has 0 saturated heterocycles. The first-order valence-corrected chi connectivity index (χ1v) is 12.0. The maximum absolute atomic E-state index is 14.8. The molecule has 0 aliphatic heterocycles. The van der Waals surface area contributed by atoms with E-state index in [2.05, 4.69) is 15.8 Å². The first-order valence-electron chi connectivity index (χ1n) is 12.0. The molecular formula is C25H33FN4O4. The Kier molecular flexibility index (Phi) is 9.18. The minimum Gasteiger partial charge on any atom is -0.360 e. The largest absolute Gasteiger partial charge is 0.360 e. The Morgan fingerprint density at radius 2 is 1.94 bits per heavy atom. The Morgan fingerprint density at radius 1 is 1.21 bits per heavy atom. The molecule has 34 heavy (non-hydrogen) atoms. The van der Waals surface area contributed by atoms with Gasteiger partial charge in [0, 0.05) is 37.1 Å². The number of anilines is 1. The molecule has 9 heteroatoms. The van der Waals surface area contributed by atoms with Crippen molar-refractivity contribution in [1.29, 1.82) is 0 Å². The number of rotatable bonds is 11. The quantitative estimate of drug-likeness (QED) is 0.508. The topological polar surface area (TPSA) is 105 Å². The van der Waals surface area contributed by atoms with Crippen LogP contribution in [0.4, 0.5) is 10.2 Å². The second-order valence-electron chi connectivity index (χ2n) is 8.73. The monoisotopic (exact) mass is 472 g/mol. The molecule has 0 bridgehead atoms. The molecule has 0 radical (unpaired) electrons. The molecule has 184 valence electrons. The van der Waals surface area contributed by atoms with Gasteiger partial charge in [0.1, 0.15) is 17.6 Å². The van der Waals surface area contributed by atoms with Crippen molar-refractivity contribution in [1.82, 2.24) is 15.4 Å². The summed E-state index contributed by atoms with van der Waals surface area (Å²) in [6.45, 7) is 3.97. The van der Waals surface area contributed by atoms with E-state index in [-0.39, 0.29) is 48.6 Å². The van der Waals surface area contributed by atoms with E-state index in [0.29, 0.717) is 12.2 Å². The minimum absolute atomic E-state index is 0.0293. The van der Waals surface area contributed by atoms with Crippen LogP contribution in [0.3, 0.4) is 0 Å². The van der Waals surface area contributed by atoms with Crippen LogP contribution in [0.25, 0.3) is 0 Å². The highest BCUT2D eigenvalue weighted by atomic mass is 19.1. The Morgan fingerprint density at radius 3 is 2.59 bits per heavy atom. The SMILES string of the molecule is CCCCN(C(=O)CCC(=O)Nc1cc(C)on1)[C@H](C(=O)NC1CCCC1)c1ccccc1F. The second kappa shape index (κ2) is 12.3. The fourth-order valence-electron chi connectivity index (χ4n) is 4.22. The van der Waals surface area contributed by atoms with Gasteiger partial charge in [0.15, 0.2) is 5.82 Å². The molecule has 1 aliphatic rings. The molecule has 8 nitrogen and oxygen atoms in total. The van der Waals surface area contributed by atoms with Crippen molar-refractivity contribution in [2.24, 2.45) is 0 Å². The number of aryl methyl sites for hydroxylation is 1. The number of hydrogen-bond acceptors (Lipinski definition) is 5. The maximum atomic E-state index is 14.8. The third kappa shape index (κ3) is 6.88.